The van der Waals surface area contributed by atoms with Crippen LogP contribution in [-0.2, 0) is 30.8 Å². The summed E-state index contributed by atoms with van der Waals surface area (Å²) in [6, 6.07) is 8.67. The lowest BCUT2D eigenvalue weighted by Gasteiger charge is -2.46. The quantitative estimate of drug-likeness (QED) is 0.480. The summed E-state index contributed by atoms with van der Waals surface area (Å²) in [7, 11) is -3.92. The topological polar surface area (TPSA) is 112 Å². The zero-order chi connectivity index (χ0) is 24.5. The molecule has 3 unspecified atom stereocenters. The molecule has 4 atom stereocenters. The van der Waals surface area contributed by atoms with E-state index in [4.69, 9.17) is 0 Å². The fourth-order valence-corrected chi connectivity index (χ4v) is 7.57. The third kappa shape index (κ3) is 2.89. The van der Waals surface area contributed by atoms with Crippen LogP contribution in [0.1, 0.15) is 32.8 Å². The number of carboxylic acid groups (broad SMARTS) is 1. The van der Waals surface area contributed by atoms with E-state index >= 15 is 0 Å². The van der Waals surface area contributed by atoms with Gasteiger partial charge in [-0.1, -0.05) is 45.4 Å². The predicted octanol–water partition coefficient (Wildman–Crippen LogP) is 2.95. The Balaban J connectivity index is 1.60. The molecule has 3 heterocycles. The normalized spacial score (nSPS) is 25.5. The molecule has 1 amide bonds. The number of aliphatic carboxylic acids is 1. The zero-order valence-electron chi connectivity index (χ0n) is 19.2. The molecule has 0 aliphatic carbocycles. The summed E-state index contributed by atoms with van der Waals surface area (Å²) >= 11 is 0. The maximum Gasteiger partial charge on any atom is 0.352 e. The van der Waals surface area contributed by atoms with Gasteiger partial charge in [-0.2, -0.15) is 0 Å². The number of carboxylic acids is 1. The molecular formula is C25H26N2O6S. The van der Waals surface area contributed by atoms with Crippen molar-refractivity contribution in [2.24, 2.45) is 17.8 Å². The van der Waals surface area contributed by atoms with Gasteiger partial charge in [-0.15, -0.1) is 0 Å². The Labute approximate surface area is 197 Å². The van der Waals surface area contributed by atoms with Gasteiger partial charge in [0, 0.05) is 17.2 Å². The Morgan fingerprint density at radius 1 is 1.26 bits per heavy atom. The molecule has 178 valence electrons. The second-order valence-electron chi connectivity index (χ2n) is 9.42. The highest BCUT2D eigenvalue weighted by atomic mass is 32.2. The number of anilines is 1. The molecule has 8 nitrogen and oxygen atoms in total. The van der Waals surface area contributed by atoms with Gasteiger partial charge in [0.25, 0.3) is 10.0 Å². The monoisotopic (exact) mass is 482 g/mol. The lowest BCUT2D eigenvalue weighted by Crippen LogP contribution is -2.62. The number of fused-ring (bicyclic) bond motifs is 1. The molecule has 1 saturated heterocycles. The average molecular weight is 483 g/mol. The van der Waals surface area contributed by atoms with Crippen molar-refractivity contribution in [2.45, 2.75) is 44.6 Å². The second kappa shape index (κ2) is 7.66. The van der Waals surface area contributed by atoms with E-state index in [1.54, 1.807) is 32.0 Å². The molecule has 1 fully saturated rings. The molecule has 0 bridgehead atoms. The van der Waals surface area contributed by atoms with Crippen molar-refractivity contribution in [3.8, 4) is 0 Å². The summed E-state index contributed by atoms with van der Waals surface area (Å²) in [6.07, 6.45) is 2.34. The van der Waals surface area contributed by atoms with Crippen LogP contribution in [0.5, 0.6) is 0 Å². The molecule has 0 spiro atoms. The zero-order valence-corrected chi connectivity index (χ0v) is 20.0. The van der Waals surface area contributed by atoms with Crippen LogP contribution in [-0.4, -0.2) is 49.2 Å². The number of aldehydes is 1. The average Bonchev–Trinajstić information content (AvgIpc) is 3.16. The van der Waals surface area contributed by atoms with Crippen molar-refractivity contribution in [1.82, 2.24) is 4.90 Å². The number of amides is 1. The first-order valence-electron chi connectivity index (χ1n) is 11.5. The minimum Gasteiger partial charge on any atom is -0.477 e. The maximum absolute atomic E-state index is 13.7. The van der Waals surface area contributed by atoms with Gasteiger partial charge in [-0.05, 0) is 35.1 Å². The van der Waals surface area contributed by atoms with Crippen molar-refractivity contribution < 1.29 is 27.9 Å². The number of β-lactam (4-membered cyclic amide) rings is 1. The summed E-state index contributed by atoms with van der Waals surface area (Å²) in [5, 5.41) is 11.4. The summed E-state index contributed by atoms with van der Waals surface area (Å²) in [4.78, 5) is 37.8. The van der Waals surface area contributed by atoms with E-state index in [9.17, 15) is 27.9 Å². The highest BCUT2D eigenvalue weighted by Crippen LogP contribution is 2.50. The van der Waals surface area contributed by atoms with Gasteiger partial charge in [-0.3, -0.25) is 9.10 Å². The van der Waals surface area contributed by atoms with Gasteiger partial charge in [0.2, 0.25) is 5.91 Å². The first-order valence-corrected chi connectivity index (χ1v) is 12.9. The van der Waals surface area contributed by atoms with Gasteiger partial charge in [0.1, 0.15) is 12.0 Å². The molecule has 1 N–H and O–H groups in total. The van der Waals surface area contributed by atoms with E-state index in [2.05, 4.69) is 0 Å². The van der Waals surface area contributed by atoms with E-state index in [0.717, 1.165) is 23.8 Å². The summed E-state index contributed by atoms with van der Waals surface area (Å²) in [5.41, 5.74) is 1.67. The molecule has 2 aromatic rings. The molecule has 3 aliphatic rings. The molecule has 3 aliphatic heterocycles. The number of hydrogen-bond acceptors (Lipinski definition) is 5. The fraction of sp³-hybridized carbons (Fsp3) is 0.400. The lowest BCUT2D eigenvalue weighted by molar-refractivity contribution is -0.160. The SMILES string of the molecule is CCCc1cc2c3c(cccc3c1)N(CC1=C(C(=O)O)N3C(=O)C([C@@H](C)C=O)C3C1C)S2(=O)=O. The first kappa shape index (κ1) is 22.6. The van der Waals surface area contributed by atoms with E-state index in [1.165, 1.54) is 9.21 Å². The van der Waals surface area contributed by atoms with Gasteiger partial charge in [-0.25, -0.2) is 13.2 Å². The molecule has 2 aromatic carbocycles. The van der Waals surface area contributed by atoms with Crippen LogP contribution >= 0.6 is 0 Å². The van der Waals surface area contributed by atoms with E-state index in [1.807, 2.05) is 19.1 Å². The smallest absolute Gasteiger partial charge is 0.352 e. The first-order chi connectivity index (χ1) is 16.1. The Morgan fingerprint density at radius 2 is 2.00 bits per heavy atom. The summed E-state index contributed by atoms with van der Waals surface area (Å²) in [5.74, 6) is -3.22. The number of aryl methyl sites for hydroxylation is 1. The number of sulfonamides is 1. The Kier molecular flexibility index (Phi) is 5.09. The Hall–Kier alpha value is -3.20. The highest BCUT2D eigenvalue weighted by molar-refractivity contribution is 7.93. The van der Waals surface area contributed by atoms with E-state index < -0.39 is 45.7 Å². The molecule has 0 saturated carbocycles. The summed E-state index contributed by atoms with van der Waals surface area (Å²) in [6.45, 7) is 5.32. The van der Waals surface area contributed by atoms with Crippen molar-refractivity contribution >= 4 is 44.6 Å². The van der Waals surface area contributed by atoms with E-state index in [-0.39, 0.29) is 17.1 Å². The van der Waals surface area contributed by atoms with Gasteiger partial charge >= 0.3 is 5.97 Å². The van der Waals surface area contributed by atoms with Crippen LogP contribution in [0.3, 0.4) is 0 Å². The van der Waals surface area contributed by atoms with Crippen molar-refractivity contribution in [3.63, 3.8) is 0 Å². The van der Waals surface area contributed by atoms with Crippen molar-refractivity contribution in [3.05, 3.63) is 47.2 Å². The maximum atomic E-state index is 13.7. The Morgan fingerprint density at radius 3 is 2.65 bits per heavy atom. The number of rotatable bonds is 7. The molecule has 9 heteroatoms. The van der Waals surface area contributed by atoms with Crippen LogP contribution < -0.4 is 4.31 Å². The number of benzene rings is 2. The predicted molar refractivity (Wildman–Crippen MR) is 126 cm³/mol. The van der Waals surface area contributed by atoms with Crippen LogP contribution in [0.4, 0.5) is 5.69 Å². The second-order valence-corrected chi connectivity index (χ2v) is 11.2. The highest BCUT2D eigenvalue weighted by Gasteiger charge is 2.60. The van der Waals surface area contributed by atoms with Gasteiger partial charge in [0.15, 0.2) is 0 Å². The van der Waals surface area contributed by atoms with Crippen LogP contribution in [0.2, 0.25) is 0 Å². The largest absolute Gasteiger partial charge is 0.477 e. The van der Waals surface area contributed by atoms with Crippen LogP contribution in [0.15, 0.2) is 46.5 Å². The minimum absolute atomic E-state index is 0.162. The molecule has 0 radical (unpaired) electrons. The van der Waals surface area contributed by atoms with Crippen LogP contribution in [0.25, 0.3) is 10.8 Å². The molecule has 0 aromatic heterocycles. The van der Waals surface area contributed by atoms with E-state index in [0.29, 0.717) is 22.9 Å². The van der Waals surface area contributed by atoms with Crippen molar-refractivity contribution in [1.29, 1.82) is 0 Å². The van der Waals surface area contributed by atoms with Crippen LogP contribution in [0, 0.1) is 17.8 Å². The Bertz CT molecular complexity index is 1400. The number of hydrogen-bond donors (Lipinski definition) is 1. The minimum atomic E-state index is -3.92. The summed E-state index contributed by atoms with van der Waals surface area (Å²) < 4.78 is 28.6. The van der Waals surface area contributed by atoms with Gasteiger partial charge < -0.3 is 14.8 Å². The third-order valence-corrected chi connectivity index (χ3v) is 9.23. The van der Waals surface area contributed by atoms with Gasteiger partial charge in [0.05, 0.1) is 29.1 Å². The van der Waals surface area contributed by atoms with Crippen molar-refractivity contribution in [2.75, 3.05) is 10.8 Å². The number of nitrogens with zero attached hydrogens (tertiary/aromatic N) is 2. The molecule has 5 rings (SSSR count). The molecular weight excluding hydrogens is 456 g/mol. The molecule has 34 heavy (non-hydrogen) atoms. The number of carbonyl (C=O) groups is 3. The third-order valence-electron chi connectivity index (χ3n) is 7.45. The number of carbonyl (C=O) groups excluding carboxylic acids is 2. The fourth-order valence-electron chi connectivity index (χ4n) is 5.83. The standard InChI is InChI=1S/C25H26N2O6S/c1-4-6-15-9-16-7-5-8-18-21(16)19(10-15)34(32,33)26(18)11-17-14(3)22-20(13(2)12-28)24(29)27(22)23(17)25(30)31/h5,7-10,12-14,20,22H,4,6,11H2,1-3H3,(H,30,31)/t13-,14?,20?,22?/m0/s1. The lowest BCUT2D eigenvalue weighted by atomic mass is 9.74.